The van der Waals surface area contributed by atoms with E-state index in [-0.39, 0.29) is 16.7 Å². The Morgan fingerprint density at radius 1 is 1.28 bits per heavy atom. The van der Waals surface area contributed by atoms with Crippen LogP contribution in [0.25, 0.3) is 6.08 Å². The summed E-state index contributed by atoms with van der Waals surface area (Å²) >= 11 is 12.5. The first kappa shape index (κ1) is 21.2. The average Bonchev–Trinajstić information content (AvgIpc) is 3.01. The highest BCUT2D eigenvalue weighted by Gasteiger charge is 2.23. The molecule has 0 bridgehead atoms. The Bertz CT molecular complexity index is 1000. The van der Waals surface area contributed by atoms with Gasteiger partial charge in [0.2, 0.25) is 0 Å². The van der Waals surface area contributed by atoms with Gasteiger partial charge in [-0.05, 0) is 55.0 Å². The van der Waals surface area contributed by atoms with E-state index in [1.54, 1.807) is 56.5 Å². The number of thiocarbonyl (C=S) groups is 1. The highest BCUT2D eigenvalue weighted by atomic mass is 35.5. The Morgan fingerprint density at radius 3 is 2.59 bits per heavy atom. The zero-order valence-electron chi connectivity index (χ0n) is 15.5. The van der Waals surface area contributed by atoms with Crippen LogP contribution in [0.5, 0.6) is 17.2 Å². The summed E-state index contributed by atoms with van der Waals surface area (Å²) < 4.78 is 16.6. The van der Waals surface area contributed by atoms with Crippen molar-refractivity contribution in [2.75, 3.05) is 13.7 Å². The molecule has 0 unspecified atom stereocenters. The molecule has 1 amide bonds. The van der Waals surface area contributed by atoms with Gasteiger partial charge in [-0.2, -0.15) is 0 Å². The van der Waals surface area contributed by atoms with Gasteiger partial charge in [-0.25, -0.2) is 4.79 Å². The number of halogens is 1. The molecule has 9 heteroatoms. The van der Waals surface area contributed by atoms with Crippen molar-refractivity contribution in [2.45, 2.75) is 6.92 Å². The third-order valence-electron chi connectivity index (χ3n) is 3.79. The number of methoxy groups -OCH3 is 1. The number of esters is 1. The summed E-state index contributed by atoms with van der Waals surface area (Å²) in [5, 5.41) is 2.73. The lowest BCUT2D eigenvalue weighted by atomic mass is 10.1. The molecule has 0 radical (unpaired) electrons. The predicted molar refractivity (Wildman–Crippen MR) is 117 cm³/mol. The van der Waals surface area contributed by atoms with E-state index in [0.717, 1.165) is 11.8 Å². The lowest BCUT2D eigenvalue weighted by Gasteiger charge is -2.13. The number of benzene rings is 2. The second-order valence-corrected chi connectivity index (χ2v) is 7.86. The van der Waals surface area contributed by atoms with Crippen molar-refractivity contribution in [1.29, 1.82) is 0 Å². The molecule has 3 rings (SSSR count). The van der Waals surface area contributed by atoms with E-state index in [2.05, 4.69) is 5.32 Å². The molecule has 0 aromatic heterocycles. The molecule has 0 saturated carbocycles. The number of carbonyl (C=O) groups is 2. The van der Waals surface area contributed by atoms with Crippen LogP contribution >= 0.6 is 35.6 Å². The van der Waals surface area contributed by atoms with Crippen molar-refractivity contribution in [1.82, 2.24) is 5.32 Å². The molecule has 0 spiro atoms. The molecule has 1 saturated heterocycles. The SMILES string of the molecule is CCOc1cc(/C=C2\SC(=S)NC2=O)cc(Cl)c1OC(=O)c1ccc(OC)cc1. The van der Waals surface area contributed by atoms with Crippen LogP contribution in [0.3, 0.4) is 0 Å². The molecule has 29 heavy (non-hydrogen) atoms. The summed E-state index contributed by atoms with van der Waals surface area (Å²) in [6, 6.07) is 9.73. The summed E-state index contributed by atoms with van der Waals surface area (Å²) in [7, 11) is 1.54. The number of hydrogen-bond donors (Lipinski definition) is 1. The maximum absolute atomic E-state index is 12.5. The highest BCUT2D eigenvalue weighted by Crippen LogP contribution is 2.38. The van der Waals surface area contributed by atoms with Crippen molar-refractivity contribution < 1.29 is 23.8 Å². The molecule has 150 valence electrons. The van der Waals surface area contributed by atoms with Crippen LogP contribution in [0.1, 0.15) is 22.8 Å². The quantitative estimate of drug-likeness (QED) is 0.302. The van der Waals surface area contributed by atoms with Crippen molar-refractivity contribution in [3.8, 4) is 17.2 Å². The van der Waals surface area contributed by atoms with Crippen LogP contribution in [0, 0.1) is 0 Å². The fraction of sp³-hybridized carbons (Fsp3) is 0.150. The van der Waals surface area contributed by atoms with E-state index < -0.39 is 5.97 Å². The van der Waals surface area contributed by atoms with Crippen LogP contribution in [0.15, 0.2) is 41.3 Å². The summed E-state index contributed by atoms with van der Waals surface area (Å²) in [5.41, 5.74) is 0.952. The number of rotatable bonds is 6. The average molecular weight is 450 g/mol. The van der Waals surface area contributed by atoms with Crippen LogP contribution in [-0.2, 0) is 4.79 Å². The maximum atomic E-state index is 12.5. The highest BCUT2D eigenvalue weighted by molar-refractivity contribution is 8.26. The number of hydrogen-bond acceptors (Lipinski definition) is 7. The van der Waals surface area contributed by atoms with Gasteiger partial charge in [-0.15, -0.1) is 0 Å². The zero-order valence-corrected chi connectivity index (χ0v) is 17.9. The molecule has 2 aromatic rings. The van der Waals surface area contributed by atoms with E-state index in [1.807, 2.05) is 0 Å². The zero-order chi connectivity index (χ0) is 21.0. The van der Waals surface area contributed by atoms with Gasteiger partial charge in [0.15, 0.2) is 11.5 Å². The maximum Gasteiger partial charge on any atom is 0.343 e. The van der Waals surface area contributed by atoms with E-state index in [0.29, 0.717) is 38.5 Å². The molecular weight excluding hydrogens is 434 g/mol. The predicted octanol–water partition coefficient (Wildman–Crippen LogP) is 4.46. The molecule has 1 heterocycles. The van der Waals surface area contributed by atoms with Crippen LogP contribution < -0.4 is 19.5 Å². The molecule has 1 fully saturated rings. The Balaban J connectivity index is 1.90. The number of amides is 1. The van der Waals surface area contributed by atoms with Gasteiger partial charge >= 0.3 is 5.97 Å². The smallest absolute Gasteiger partial charge is 0.343 e. The fourth-order valence-electron chi connectivity index (χ4n) is 2.48. The van der Waals surface area contributed by atoms with Crippen LogP contribution in [0.2, 0.25) is 5.02 Å². The molecule has 0 aliphatic carbocycles. The molecule has 0 atom stereocenters. The molecule has 6 nitrogen and oxygen atoms in total. The first-order chi connectivity index (χ1) is 13.9. The van der Waals surface area contributed by atoms with Gasteiger partial charge in [0, 0.05) is 0 Å². The standard InChI is InChI=1S/C20H16ClNO5S2/c1-3-26-15-9-11(10-16-18(23)22-20(28)29-16)8-14(21)17(15)27-19(24)12-4-6-13(25-2)7-5-12/h4-10H,3H2,1-2H3,(H,22,23,28)/b16-10-. The minimum Gasteiger partial charge on any atom is -0.497 e. The number of carbonyl (C=O) groups excluding carboxylic acids is 2. The van der Waals surface area contributed by atoms with E-state index in [4.69, 9.17) is 38.0 Å². The minimum atomic E-state index is -0.585. The van der Waals surface area contributed by atoms with E-state index in [1.165, 1.54) is 0 Å². The Kier molecular flexibility index (Phi) is 6.79. The van der Waals surface area contributed by atoms with Crippen molar-refractivity contribution >= 4 is 57.9 Å². The minimum absolute atomic E-state index is 0.107. The summed E-state index contributed by atoms with van der Waals surface area (Å²) in [5.74, 6) is 0.164. The summed E-state index contributed by atoms with van der Waals surface area (Å²) in [6.45, 7) is 2.13. The normalized spacial score (nSPS) is 14.7. The molecule has 1 aliphatic rings. The molecule has 1 N–H and O–H groups in total. The Morgan fingerprint density at radius 2 is 2.00 bits per heavy atom. The van der Waals surface area contributed by atoms with Crippen molar-refractivity contribution in [3.05, 3.63) is 57.5 Å². The second kappa shape index (κ2) is 9.30. The third kappa shape index (κ3) is 5.09. The lowest BCUT2D eigenvalue weighted by molar-refractivity contribution is -0.115. The summed E-state index contributed by atoms with van der Waals surface area (Å²) in [4.78, 5) is 24.8. The third-order valence-corrected chi connectivity index (χ3v) is 5.24. The van der Waals surface area contributed by atoms with Crippen LogP contribution in [0.4, 0.5) is 0 Å². The van der Waals surface area contributed by atoms with Gasteiger partial charge in [0.1, 0.15) is 10.1 Å². The molecule has 2 aromatic carbocycles. The first-order valence-corrected chi connectivity index (χ1v) is 10.1. The van der Waals surface area contributed by atoms with Crippen molar-refractivity contribution in [3.63, 3.8) is 0 Å². The van der Waals surface area contributed by atoms with Gasteiger partial charge in [0.25, 0.3) is 5.91 Å². The topological polar surface area (TPSA) is 73.9 Å². The Labute approximate surface area is 182 Å². The van der Waals surface area contributed by atoms with Crippen LogP contribution in [-0.4, -0.2) is 29.9 Å². The fourth-order valence-corrected chi connectivity index (χ4v) is 3.79. The first-order valence-electron chi connectivity index (χ1n) is 8.48. The number of thioether (sulfide) groups is 1. The monoisotopic (exact) mass is 449 g/mol. The van der Waals surface area contributed by atoms with E-state index in [9.17, 15) is 9.59 Å². The summed E-state index contributed by atoms with van der Waals surface area (Å²) in [6.07, 6.45) is 1.64. The van der Waals surface area contributed by atoms with Gasteiger partial charge < -0.3 is 19.5 Å². The van der Waals surface area contributed by atoms with E-state index >= 15 is 0 Å². The largest absolute Gasteiger partial charge is 0.497 e. The second-order valence-electron chi connectivity index (χ2n) is 5.73. The lowest BCUT2D eigenvalue weighted by Crippen LogP contribution is -2.17. The van der Waals surface area contributed by atoms with Gasteiger partial charge in [-0.3, -0.25) is 4.79 Å². The van der Waals surface area contributed by atoms with Crippen molar-refractivity contribution in [2.24, 2.45) is 0 Å². The van der Waals surface area contributed by atoms with Gasteiger partial charge in [0.05, 0.1) is 29.2 Å². The molecular formula is C20H16ClNO5S2. The molecule has 1 aliphatic heterocycles. The number of nitrogens with one attached hydrogen (secondary N) is 1. The number of ether oxygens (including phenoxy) is 3. The Hall–Kier alpha value is -2.55. The van der Waals surface area contributed by atoms with Gasteiger partial charge in [-0.1, -0.05) is 35.6 Å².